The fourth-order valence-electron chi connectivity index (χ4n) is 3.32. The molecule has 2 atom stereocenters. The predicted molar refractivity (Wildman–Crippen MR) is 82.1 cm³/mol. The van der Waals surface area contributed by atoms with Gasteiger partial charge in [0, 0.05) is 32.2 Å². The van der Waals surface area contributed by atoms with Gasteiger partial charge >= 0.3 is 0 Å². The van der Waals surface area contributed by atoms with E-state index in [1.807, 2.05) is 11.0 Å². The van der Waals surface area contributed by atoms with Crippen molar-refractivity contribution >= 4 is 5.91 Å². The number of ether oxygens (including phenoxy) is 1. The van der Waals surface area contributed by atoms with Gasteiger partial charge in [0.25, 0.3) is 0 Å². The van der Waals surface area contributed by atoms with Crippen LogP contribution in [0.2, 0.25) is 0 Å². The molecule has 114 valence electrons. The fraction of sp³-hybridized carbons (Fsp3) is 0.588. The van der Waals surface area contributed by atoms with Gasteiger partial charge in [0.05, 0.1) is 6.61 Å². The summed E-state index contributed by atoms with van der Waals surface area (Å²) in [6.07, 6.45) is 2.07. The minimum Gasteiger partial charge on any atom is -0.381 e. The molecular formula is C17H24N2O2. The summed E-state index contributed by atoms with van der Waals surface area (Å²) >= 11 is 0. The van der Waals surface area contributed by atoms with Crippen LogP contribution >= 0.6 is 0 Å². The van der Waals surface area contributed by atoms with Crippen molar-refractivity contribution in [3.8, 4) is 0 Å². The van der Waals surface area contributed by atoms with Crippen LogP contribution in [-0.2, 0) is 16.0 Å². The Balaban J connectivity index is 1.74. The number of rotatable bonds is 4. The fourth-order valence-corrected chi connectivity index (χ4v) is 3.32. The van der Waals surface area contributed by atoms with Crippen molar-refractivity contribution in [2.24, 2.45) is 5.92 Å². The molecule has 1 saturated heterocycles. The molecule has 4 heteroatoms. The van der Waals surface area contributed by atoms with Gasteiger partial charge in [-0.1, -0.05) is 24.3 Å². The zero-order chi connectivity index (χ0) is 14.7. The van der Waals surface area contributed by atoms with Gasteiger partial charge in [0.1, 0.15) is 6.04 Å². The molecule has 2 aliphatic heterocycles. The number of carbonyl (C=O) groups excluding carboxylic acids is 1. The molecule has 1 N–H and O–H groups in total. The smallest absolute Gasteiger partial charge is 0.244 e. The van der Waals surface area contributed by atoms with Crippen molar-refractivity contribution in [3.63, 3.8) is 0 Å². The molecule has 21 heavy (non-hydrogen) atoms. The van der Waals surface area contributed by atoms with E-state index in [1.165, 1.54) is 5.56 Å². The standard InChI is InChI=1S/C17H24N2O2/c1-2-19(11-13-8-10-21-12-13)17(20)16-15-6-4-3-5-14(15)7-9-18-16/h3-6,13,16,18H,2,7-12H2,1H3. The number of benzene rings is 1. The number of fused-ring (bicyclic) bond motifs is 1. The molecule has 0 bridgehead atoms. The van der Waals surface area contributed by atoms with Gasteiger partial charge < -0.3 is 15.0 Å². The van der Waals surface area contributed by atoms with E-state index in [-0.39, 0.29) is 11.9 Å². The molecule has 2 aliphatic rings. The van der Waals surface area contributed by atoms with Crippen molar-refractivity contribution in [1.29, 1.82) is 0 Å². The lowest BCUT2D eigenvalue weighted by molar-refractivity contribution is -0.134. The van der Waals surface area contributed by atoms with Gasteiger partial charge in [-0.15, -0.1) is 0 Å². The third-order valence-corrected chi connectivity index (χ3v) is 4.55. The second-order valence-corrected chi connectivity index (χ2v) is 5.94. The number of hydrogen-bond acceptors (Lipinski definition) is 3. The number of likely N-dealkylation sites (N-methyl/N-ethyl adjacent to an activating group) is 1. The Morgan fingerprint density at radius 3 is 3.05 bits per heavy atom. The van der Waals surface area contributed by atoms with Gasteiger partial charge in [-0.05, 0) is 30.9 Å². The third-order valence-electron chi connectivity index (χ3n) is 4.55. The van der Waals surface area contributed by atoms with Crippen LogP contribution in [0.4, 0.5) is 0 Å². The zero-order valence-corrected chi connectivity index (χ0v) is 12.7. The van der Waals surface area contributed by atoms with Gasteiger partial charge in [0.15, 0.2) is 0 Å². The highest BCUT2D eigenvalue weighted by molar-refractivity contribution is 5.84. The Hall–Kier alpha value is -1.39. The van der Waals surface area contributed by atoms with Crippen molar-refractivity contribution in [1.82, 2.24) is 10.2 Å². The summed E-state index contributed by atoms with van der Waals surface area (Å²) in [6.45, 7) is 6.13. The first-order valence-corrected chi connectivity index (χ1v) is 7.97. The van der Waals surface area contributed by atoms with E-state index in [1.54, 1.807) is 0 Å². The minimum absolute atomic E-state index is 0.183. The van der Waals surface area contributed by atoms with Crippen LogP contribution in [0.1, 0.15) is 30.5 Å². The number of hydrogen-bond donors (Lipinski definition) is 1. The molecule has 2 unspecified atom stereocenters. The first-order valence-electron chi connectivity index (χ1n) is 7.97. The number of nitrogens with zero attached hydrogens (tertiary/aromatic N) is 1. The molecule has 0 aromatic heterocycles. The van der Waals surface area contributed by atoms with Crippen molar-refractivity contribution < 1.29 is 9.53 Å². The molecule has 1 fully saturated rings. The Kier molecular flexibility index (Phi) is 4.56. The first kappa shape index (κ1) is 14.5. The second kappa shape index (κ2) is 6.58. The molecule has 1 aromatic rings. The summed E-state index contributed by atoms with van der Waals surface area (Å²) < 4.78 is 5.43. The maximum atomic E-state index is 12.9. The monoisotopic (exact) mass is 288 g/mol. The molecule has 2 heterocycles. The summed E-state index contributed by atoms with van der Waals surface area (Å²) in [5.74, 6) is 0.698. The molecule has 1 amide bonds. The Morgan fingerprint density at radius 1 is 1.43 bits per heavy atom. The van der Waals surface area contributed by atoms with Crippen LogP contribution in [0.15, 0.2) is 24.3 Å². The lowest BCUT2D eigenvalue weighted by atomic mass is 9.93. The van der Waals surface area contributed by atoms with E-state index < -0.39 is 0 Å². The van der Waals surface area contributed by atoms with E-state index in [0.717, 1.165) is 51.3 Å². The van der Waals surface area contributed by atoms with Gasteiger partial charge in [0.2, 0.25) is 5.91 Å². The van der Waals surface area contributed by atoms with Crippen LogP contribution in [0.5, 0.6) is 0 Å². The molecular weight excluding hydrogens is 264 g/mol. The third kappa shape index (κ3) is 3.11. The van der Waals surface area contributed by atoms with Crippen LogP contribution in [-0.4, -0.2) is 43.7 Å². The zero-order valence-electron chi connectivity index (χ0n) is 12.7. The molecule has 4 nitrogen and oxygen atoms in total. The maximum absolute atomic E-state index is 12.9. The second-order valence-electron chi connectivity index (χ2n) is 5.94. The van der Waals surface area contributed by atoms with Crippen molar-refractivity contribution in [2.75, 3.05) is 32.8 Å². The van der Waals surface area contributed by atoms with E-state index in [4.69, 9.17) is 4.74 Å². The van der Waals surface area contributed by atoms with Crippen molar-refractivity contribution in [3.05, 3.63) is 35.4 Å². The molecule has 0 aliphatic carbocycles. The average molecular weight is 288 g/mol. The highest BCUT2D eigenvalue weighted by atomic mass is 16.5. The summed E-state index contributed by atoms with van der Waals surface area (Å²) in [7, 11) is 0. The predicted octanol–water partition coefficient (Wildman–Crippen LogP) is 1.76. The highest BCUT2D eigenvalue weighted by Gasteiger charge is 2.30. The first-order chi connectivity index (χ1) is 10.3. The molecule has 1 aromatic carbocycles. The topological polar surface area (TPSA) is 41.6 Å². The summed E-state index contributed by atoms with van der Waals surface area (Å²) in [6, 6.07) is 8.11. The Bertz CT molecular complexity index is 497. The van der Waals surface area contributed by atoms with Crippen LogP contribution in [0, 0.1) is 5.92 Å². The van der Waals surface area contributed by atoms with Gasteiger partial charge in [-0.2, -0.15) is 0 Å². The largest absolute Gasteiger partial charge is 0.381 e. The summed E-state index contributed by atoms with van der Waals surface area (Å²) in [4.78, 5) is 14.9. The number of amides is 1. The van der Waals surface area contributed by atoms with E-state index in [0.29, 0.717) is 5.92 Å². The quantitative estimate of drug-likeness (QED) is 0.918. The lowest BCUT2D eigenvalue weighted by Gasteiger charge is -2.32. The van der Waals surface area contributed by atoms with Crippen LogP contribution in [0.25, 0.3) is 0 Å². The Labute approximate surface area is 126 Å². The highest BCUT2D eigenvalue weighted by Crippen LogP contribution is 2.25. The minimum atomic E-state index is -0.183. The van der Waals surface area contributed by atoms with E-state index >= 15 is 0 Å². The molecule has 0 saturated carbocycles. The Morgan fingerprint density at radius 2 is 2.29 bits per heavy atom. The maximum Gasteiger partial charge on any atom is 0.244 e. The lowest BCUT2D eigenvalue weighted by Crippen LogP contribution is -2.45. The number of nitrogens with one attached hydrogen (secondary N) is 1. The summed E-state index contributed by atoms with van der Waals surface area (Å²) in [5.41, 5.74) is 2.45. The van der Waals surface area contributed by atoms with Crippen LogP contribution in [0.3, 0.4) is 0 Å². The average Bonchev–Trinajstić information content (AvgIpc) is 3.04. The molecule has 0 spiro atoms. The number of carbonyl (C=O) groups is 1. The van der Waals surface area contributed by atoms with Crippen LogP contribution < -0.4 is 5.32 Å². The van der Waals surface area contributed by atoms with E-state index in [9.17, 15) is 4.79 Å². The SMILES string of the molecule is CCN(CC1CCOC1)C(=O)C1NCCc2ccccc21. The van der Waals surface area contributed by atoms with Crippen molar-refractivity contribution in [2.45, 2.75) is 25.8 Å². The van der Waals surface area contributed by atoms with Gasteiger partial charge in [-0.3, -0.25) is 4.79 Å². The summed E-state index contributed by atoms with van der Waals surface area (Å²) in [5, 5.41) is 3.39. The normalized spacial score (nSPS) is 24.6. The molecule has 3 rings (SSSR count). The van der Waals surface area contributed by atoms with E-state index in [2.05, 4.69) is 30.4 Å². The van der Waals surface area contributed by atoms with Gasteiger partial charge in [-0.25, -0.2) is 0 Å². The molecule has 0 radical (unpaired) electrons.